The number of halogens is 1. The Labute approximate surface area is 99.0 Å². The minimum Gasteiger partial charge on any atom is -0.490 e. The summed E-state index contributed by atoms with van der Waals surface area (Å²) in [4.78, 5) is 10.1. The molecular formula is C10H14ClN3O2. The van der Waals surface area contributed by atoms with Crippen molar-refractivity contribution in [2.24, 2.45) is 0 Å². The monoisotopic (exact) mass is 243 g/mol. The summed E-state index contributed by atoms with van der Waals surface area (Å²) in [6.07, 6.45) is 3.41. The molecule has 1 aliphatic rings. The number of aromatic nitrogens is 2. The van der Waals surface area contributed by atoms with E-state index in [9.17, 15) is 5.11 Å². The van der Waals surface area contributed by atoms with Crippen LogP contribution < -0.4 is 9.64 Å². The second kappa shape index (κ2) is 4.84. The fourth-order valence-corrected chi connectivity index (χ4v) is 2.23. The molecule has 0 aliphatic carbocycles. The number of methoxy groups -OCH3 is 1. The SMILES string of the molecule is COc1c(Cl)ncnc1N1CCCC1CO. The summed E-state index contributed by atoms with van der Waals surface area (Å²) in [5.41, 5.74) is 0. The van der Waals surface area contributed by atoms with E-state index in [0.717, 1.165) is 19.4 Å². The minimum atomic E-state index is 0.0971. The summed E-state index contributed by atoms with van der Waals surface area (Å²) in [6, 6.07) is 0.0971. The van der Waals surface area contributed by atoms with Crippen molar-refractivity contribution in [2.45, 2.75) is 18.9 Å². The molecule has 0 radical (unpaired) electrons. The zero-order valence-corrected chi connectivity index (χ0v) is 9.81. The summed E-state index contributed by atoms with van der Waals surface area (Å²) < 4.78 is 5.20. The van der Waals surface area contributed by atoms with Crippen molar-refractivity contribution < 1.29 is 9.84 Å². The van der Waals surface area contributed by atoms with Crippen LogP contribution in [0.2, 0.25) is 5.15 Å². The molecule has 0 saturated carbocycles. The Kier molecular flexibility index (Phi) is 3.46. The van der Waals surface area contributed by atoms with Crippen molar-refractivity contribution >= 4 is 17.4 Å². The molecule has 2 heterocycles. The first kappa shape index (κ1) is 11.4. The lowest BCUT2D eigenvalue weighted by Gasteiger charge is -2.25. The van der Waals surface area contributed by atoms with Crippen LogP contribution in [0, 0.1) is 0 Å². The number of aliphatic hydroxyl groups is 1. The largest absolute Gasteiger partial charge is 0.490 e. The van der Waals surface area contributed by atoms with Gasteiger partial charge in [-0.25, -0.2) is 9.97 Å². The Balaban J connectivity index is 2.35. The molecule has 0 aromatic carbocycles. The molecular weight excluding hydrogens is 230 g/mol. The van der Waals surface area contributed by atoms with Gasteiger partial charge < -0.3 is 14.7 Å². The van der Waals surface area contributed by atoms with Crippen molar-refractivity contribution in [3.63, 3.8) is 0 Å². The normalized spacial score (nSPS) is 20.2. The third kappa shape index (κ3) is 1.92. The van der Waals surface area contributed by atoms with Crippen molar-refractivity contribution in [3.8, 4) is 5.75 Å². The molecule has 0 spiro atoms. The predicted octanol–water partition coefficient (Wildman–Crippen LogP) is 1.10. The fraction of sp³-hybridized carbons (Fsp3) is 0.600. The summed E-state index contributed by atoms with van der Waals surface area (Å²) in [5, 5.41) is 9.57. The fourth-order valence-electron chi connectivity index (χ4n) is 2.03. The van der Waals surface area contributed by atoms with Crippen molar-refractivity contribution in [2.75, 3.05) is 25.2 Å². The molecule has 6 heteroatoms. The summed E-state index contributed by atoms with van der Waals surface area (Å²) >= 11 is 5.93. The van der Waals surface area contributed by atoms with Crippen LogP contribution in [0.1, 0.15) is 12.8 Å². The zero-order valence-electron chi connectivity index (χ0n) is 9.06. The Morgan fingerprint density at radius 3 is 3.12 bits per heavy atom. The first-order chi connectivity index (χ1) is 7.77. The molecule has 1 fully saturated rings. The van der Waals surface area contributed by atoms with E-state index in [1.54, 1.807) is 0 Å². The van der Waals surface area contributed by atoms with Gasteiger partial charge in [0.1, 0.15) is 6.33 Å². The molecule has 1 aliphatic heterocycles. The van der Waals surface area contributed by atoms with Gasteiger partial charge in [0.05, 0.1) is 19.8 Å². The molecule has 2 rings (SSSR count). The lowest BCUT2D eigenvalue weighted by Crippen LogP contribution is -2.33. The van der Waals surface area contributed by atoms with Crippen LogP contribution in [0.25, 0.3) is 0 Å². The molecule has 1 aromatic heterocycles. The van der Waals surface area contributed by atoms with Gasteiger partial charge in [-0.3, -0.25) is 0 Å². The van der Waals surface area contributed by atoms with Crippen LogP contribution in [0.15, 0.2) is 6.33 Å². The van der Waals surface area contributed by atoms with Crippen LogP contribution in [-0.4, -0.2) is 41.4 Å². The number of aliphatic hydroxyl groups excluding tert-OH is 1. The van der Waals surface area contributed by atoms with Gasteiger partial charge in [-0.05, 0) is 12.8 Å². The number of hydrogen-bond donors (Lipinski definition) is 1. The van der Waals surface area contributed by atoms with Crippen LogP contribution in [-0.2, 0) is 0 Å². The van der Waals surface area contributed by atoms with Crippen LogP contribution in [0.5, 0.6) is 5.75 Å². The molecule has 5 nitrogen and oxygen atoms in total. The highest BCUT2D eigenvalue weighted by molar-refractivity contribution is 6.31. The molecule has 1 saturated heterocycles. The highest BCUT2D eigenvalue weighted by atomic mass is 35.5. The van der Waals surface area contributed by atoms with E-state index in [0.29, 0.717) is 16.7 Å². The van der Waals surface area contributed by atoms with Gasteiger partial charge in [-0.1, -0.05) is 11.6 Å². The first-order valence-electron chi connectivity index (χ1n) is 5.20. The van der Waals surface area contributed by atoms with Gasteiger partial charge in [-0.2, -0.15) is 0 Å². The van der Waals surface area contributed by atoms with E-state index >= 15 is 0 Å². The molecule has 1 atom stereocenters. The van der Waals surface area contributed by atoms with Crippen molar-refractivity contribution in [1.82, 2.24) is 9.97 Å². The topological polar surface area (TPSA) is 58.5 Å². The summed E-state index contributed by atoms with van der Waals surface area (Å²) in [6.45, 7) is 0.972. The van der Waals surface area contributed by atoms with E-state index < -0.39 is 0 Å². The van der Waals surface area contributed by atoms with Gasteiger partial charge in [-0.15, -0.1) is 0 Å². The zero-order chi connectivity index (χ0) is 11.5. The van der Waals surface area contributed by atoms with E-state index in [-0.39, 0.29) is 12.6 Å². The standard InChI is InChI=1S/C10H14ClN3O2/c1-16-8-9(11)12-6-13-10(8)14-4-2-3-7(14)5-15/h6-7,15H,2-5H2,1H3. The maximum atomic E-state index is 9.27. The van der Waals surface area contributed by atoms with Gasteiger partial charge in [0.15, 0.2) is 16.7 Å². The van der Waals surface area contributed by atoms with E-state index in [4.69, 9.17) is 16.3 Å². The van der Waals surface area contributed by atoms with E-state index in [1.165, 1.54) is 13.4 Å². The maximum Gasteiger partial charge on any atom is 0.199 e. The molecule has 0 amide bonds. The number of ether oxygens (including phenoxy) is 1. The summed E-state index contributed by atoms with van der Waals surface area (Å²) in [7, 11) is 1.54. The second-order valence-electron chi connectivity index (χ2n) is 3.69. The number of anilines is 1. The molecule has 88 valence electrons. The number of nitrogens with zero attached hydrogens (tertiary/aromatic N) is 3. The Hall–Kier alpha value is -1.07. The number of hydrogen-bond acceptors (Lipinski definition) is 5. The van der Waals surface area contributed by atoms with E-state index in [2.05, 4.69) is 9.97 Å². The van der Waals surface area contributed by atoms with Crippen LogP contribution >= 0.6 is 11.6 Å². The van der Waals surface area contributed by atoms with Gasteiger partial charge >= 0.3 is 0 Å². The smallest absolute Gasteiger partial charge is 0.199 e. The lowest BCUT2D eigenvalue weighted by molar-refractivity contribution is 0.265. The summed E-state index contributed by atoms with van der Waals surface area (Å²) in [5.74, 6) is 1.14. The third-order valence-corrected chi connectivity index (χ3v) is 3.07. The number of rotatable bonds is 3. The minimum absolute atomic E-state index is 0.0971. The average Bonchev–Trinajstić information content (AvgIpc) is 2.76. The maximum absolute atomic E-state index is 9.27. The highest BCUT2D eigenvalue weighted by Crippen LogP contribution is 2.35. The Bertz CT molecular complexity index is 375. The van der Waals surface area contributed by atoms with Gasteiger partial charge in [0.25, 0.3) is 0 Å². The van der Waals surface area contributed by atoms with Gasteiger partial charge in [0, 0.05) is 6.54 Å². The Morgan fingerprint density at radius 1 is 1.62 bits per heavy atom. The first-order valence-corrected chi connectivity index (χ1v) is 5.57. The molecule has 1 unspecified atom stereocenters. The molecule has 1 aromatic rings. The lowest BCUT2D eigenvalue weighted by atomic mass is 10.2. The predicted molar refractivity (Wildman–Crippen MR) is 61.0 cm³/mol. The van der Waals surface area contributed by atoms with Gasteiger partial charge in [0.2, 0.25) is 0 Å². The van der Waals surface area contributed by atoms with Crippen molar-refractivity contribution in [1.29, 1.82) is 0 Å². The Morgan fingerprint density at radius 2 is 2.44 bits per heavy atom. The average molecular weight is 244 g/mol. The van der Waals surface area contributed by atoms with Crippen LogP contribution in [0.3, 0.4) is 0 Å². The van der Waals surface area contributed by atoms with Crippen LogP contribution in [0.4, 0.5) is 5.82 Å². The quantitative estimate of drug-likeness (QED) is 0.806. The molecule has 0 bridgehead atoms. The highest BCUT2D eigenvalue weighted by Gasteiger charge is 2.28. The second-order valence-corrected chi connectivity index (χ2v) is 4.05. The third-order valence-electron chi connectivity index (χ3n) is 2.81. The molecule has 1 N–H and O–H groups in total. The van der Waals surface area contributed by atoms with E-state index in [1.807, 2.05) is 4.90 Å². The van der Waals surface area contributed by atoms with Crippen molar-refractivity contribution in [3.05, 3.63) is 11.5 Å². The molecule has 16 heavy (non-hydrogen) atoms.